The number of rotatable bonds is 6. The molecule has 15 heavy (non-hydrogen) atoms. The van der Waals surface area contributed by atoms with Gasteiger partial charge in [-0.3, -0.25) is 0 Å². The monoisotopic (exact) mass is 215 g/mol. The fraction of sp³-hybridized carbons (Fsp3) is 1.00. The van der Waals surface area contributed by atoms with Gasteiger partial charge < -0.3 is 14.7 Å². The first kappa shape index (κ1) is 12.9. The second-order valence-electron chi connectivity index (χ2n) is 4.76. The molecule has 3 heteroatoms. The Morgan fingerprint density at radius 3 is 2.53 bits per heavy atom. The second-order valence-corrected chi connectivity index (χ2v) is 4.76. The summed E-state index contributed by atoms with van der Waals surface area (Å²) in [6.45, 7) is 6.69. The topological polar surface area (TPSA) is 32.7 Å². The van der Waals surface area contributed by atoms with E-state index >= 15 is 0 Å². The highest BCUT2D eigenvalue weighted by Gasteiger charge is 2.26. The number of aliphatic hydroxyl groups is 1. The Labute approximate surface area is 93.4 Å². The van der Waals surface area contributed by atoms with Crippen LogP contribution < -0.4 is 0 Å². The van der Waals surface area contributed by atoms with Gasteiger partial charge in [0, 0.05) is 19.7 Å². The molecule has 1 aliphatic heterocycles. The van der Waals surface area contributed by atoms with E-state index in [1.807, 2.05) is 13.8 Å². The van der Waals surface area contributed by atoms with Gasteiger partial charge in [0.25, 0.3) is 0 Å². The summed E-state index contributed by atoms with van der Waals surface area (Å²) in [6.07, 6.45) is 4.37. The fourth-order valence-electron chi connectivity index (χ4n) is 2.18. The molecule has 0 aromatic rings. The molecule has 1 heterocycles. The first-order chi connectivity index (χ1) is 7.09. The average molecular weight is 215 g/mol. The molecule has 0 aromatic heterocycles. The van der Waals surface area contributed by atoms with Crippen molar-refractivity contribution in [3.63, 3.8) is 0 Å². The predicted molar refractivity (Wildman–Crippen MR) is 62.0 cm³/mol. The van der Waals surface area contributed by atoms with Gasteiger partial charge in [-0.2, -0.15) is 0 Å². The fourth-order valence-corrected chi connectivity index (χ4v) is 2.18. The summed E-state index contributed by atoms with van der Waals surface area (Å²) in [5.74, 6) is 0. The van der Waals surface area contributed by atoms with Crippen LogP contribution in [0.4, 0.5) is 0 Å². The summed E-state index contributed by atoms with van der Waals surface area (Å²) in [5.41, 5.74) is -0.520. The van der Waals surface area contributed by atoms with Gasteiger partial charge in [-0.15, -0.1) is 0 Å². The van der Waals surface area contributed by atoms with Gasteiger partial charge in [0.15, 0.2) is 0 Å². The molecule has 1 N–H and O–H groups in total. The molecule has 0 bridgehead atoms. The van der Waals surface area contributed by atoms with Crippen molar-refractivity contribution in [1.82, 2.24) is 4.90 Å². The zero-order valence-electron chi connectivity index (χ0n) is 10.3. The Morgan fingerprint density at radius 1 is 1.40 bits per heavy atom. The van der Waals surface area contributed by atoms with Gasteiger partial charge in [-0.05, 0) is 32.7 Å². The zero-order valence-corrected chi connectivity index (χ0v) is 10.3. The lowest BCUT2D eigenvalue weighted by atomic mass is 9.97. The van der Waals surface area contributed by atoms with Crippen molar-refractivity contribution >= 4 is 0 Å². The third-order valence-electron chi connectivity index (χ3n) is 3.42. The van der Waals surface area contributed by atoms with Crippen LogP contribution in [0.3, 0.4) is 0 Å². The Bertz CT molecular complexity index is 174. The maximum absolute atomic E-state index is 10.2. The standard InChI is InChI=1S/C12H25NO2/c1-4-12(14,5-2)10-13(3)9-11-7-6-8-15-11/h11,14H,4-10H2,1-3H3. The molecule has 90 valence electrons. The van der Waals surface area contributed by atoms with Gasteiger partial charge >= 0.3 is 0 Å². The summed E-state index contributed by atoms with van der Waals surface area (Å²) in [5, 5.41) is 10.2. The molecule has 1 atom stereocenters. The lowest BCUT2D eigenvalue weighted by Gasteiger charge is -2.31. The van der Waals surface area contributed by atoms with E-state index < -0.39 is 5.60 Å². The van der Waals surface area contributed by atoms with Crippen LogP contribution in [0.25, 0.3) is 0 Å². The first-order valence-electron chi connectivity index (χ1n) is 6.12. The van der Waals surface area contributed by atoms with E-state index in [1.165, 1.54) is 12.8 Å². The van der Waals surface area contributed by atoms with Crippen LogP contribution in [0.1, 0.15) is 39.5 Å². The maximum Gasteiger partial charge on any atom is 0.0768 e. The SMILES string of the molecule is CCC(O)(CC)CN(C)CC1CCCO1. The molecule has 1 rings (SSSR count). The van der Waals surface area contributed by atoms with Crippen LogP contribution in [0, 0.1) is 0 Å². The van der Waals surface area contributed by atoms with Gasteiger partial charge in [0.05, 0.1) is 11.7 Å². The smallest absolute Gasteiger partial charge is 0.0768 e. The Balaban J connectivity index is 2.30. The molecule has 0 saturated carbocycles. The highest BCUT2D eigenvalue weighted by atomic mass is 16.5. The zero-order chi connectivity index (χ0) is 11.3. The third-order valence-corrected chi connectivity index (χ3v) is 3.42. The Hall–Kier alpha value is -0.120. The van der Waals surface area contributed by atoms with Crippen molar-refractivity contribution in [2.24, 2.45) is 0 Å². The summed E-state index contributed by atoms with van der Waals surface area (Å²) >= 11 is 0. The largest absolute Gasteiger partial charge is 0.389 e. The van der Waals surface area contributed by atoms with Gasteiger partial charge in [-0.25, -0.2) is 0 Å². The molecule has 1 aliphatic rings. The van der Waals surface area contributed by atoms with Crippen molar-refractivity contribution in [1.29, 1.82) is 0 Å². The van der Waals surface area contributed by atoms with E-state index in [0.29, 0.717) is 6.10 Å². The van der Waals surface area contributed by atoms with E-state index in [9.17, 15) is 5.11 Å². The number of hydrogen-bond donors (Lipinski definition) is 1. The van der Waals surface area contributed by atoms with Crippen molar-refractivity contribution in [3.8, 4) is 0 Å². The normalized spacial score (nSPS) is 22.6. The minimum Gasteiger partial charge on any atom is -0.389 e. The van der Waals surface area contributed by atoms with Crippen molar-refractivity contribution < 1.29 is 9.84 Å². The average Bonchev–Trinajstić information content (AvgIpc) is 2.70. The summed E-state index contributed by atoms with van der Waals surface area (Å²) in [4.78, 5) is 2.20. The molecular formula is C12H25NO2. The third kappa shape index (κ3) is 4.09. The van der Waals surface area contributed by atoms with Gasteiger partial charge in [-0.1, -0.05) is 13.8 Å². The Kier molecular flexibility index (Phi) is 5.03. The molecule has 3 nitrogen and oxygen atoms in total. The number of hydrogen-bond acceptors (Lipinski definition) is 3. The quantitative estimate of drug-likeness (QED) is 0.731. The molecule has 0 radical (unpaired) electrons. The molecular weight excluding hydrogens is 190 g/mol. The molecule has 1 unspecified atom stereocenters. The van der Waals surface area contributed by atoms with Crippen LogP contribution in [-0.2, 0) is 4.74 Å². The van der Waals surface area contributed by atoms with Crippen molar-refractivity contribution in [2.75, 3.05) is 26.7 Å². The van der Waals surface area contributed by atoms with Crippen LogP contribution in [-0.4, -0.2) is 48.5 Å². The van der Waals surface area contributed by atoms with Gasteiger partial charge in [0.1, 0.15) is 0 Å². The highest BCUT2D eigenvalue weighted by Crippen LogP contribution is 2.18. The number of nitrogens with zero attached hydrogens (tertiary/aromatic N) is 1. The highest BCUT2D eigenvalue weighted by molar-refractivity contribution is 4.80. The molecule has 1 saturated heterocycles. The number of likely N-dealkylation sites (N-methyl/N-ethyl adjacent to an activating group) is 1. The molecule has 0 spiro atoms. The number of ether oxygens (including phenoxy) is 1. The lowest BCUT2D eigenvalue weighted by molar-refractivity contribution is -0.00963. The van der Waals surface area contributed by atoms with E-state index in [4.69, 9.17) is 4.74 Å². The van der Waals surface area contributed by atoms with Crippen LogP contribution in [0.15, 0.2) is 0 Å². The van der Waals surface area contributed by atoms with Crippen LogP contribution in [0.2, 0.25) is 0 Å². The second kappa shape index (κ2) is 5.83. The minimum atomic E-state index is -0.520. The van der Waals surface area contributed by atoms with Crippen molar-refractivity contribution in [3.05, 3.63) is 0 Å². The molecule has 0 aliphatic carbocycles. The van der Waals surface area contributed by atoms with E-state index in [1.54, 1.807) is 0 Å². The van der Waals surface area contributed by atoms with E-state index in [-0.39, 0.29) is 0 Å². The van der Waals surface area contributed by atoms with Crippen molar-refractivity contribution in [2.45, 2.75) is 51.2 Å². The predicted octanol–water partition coefficient (Wildman–Crippen LogP) is 1.65. The molecule has 0 aromatic carbocycles. The van der Waals surface area contributed by atoms with Crippen LogP contribution in [0.5, 0.6) is 0 Å². The molecule has 1 fully saturated rings. The lowest BCUT2D eigenvalue weighted by Crippen LogP contribution is -2.43. The maximum atomic E-state index is 10.2. The molecule has 0 amide bonds. The van der Waals surface area contributed by atoms with Gasteiger partial charge in [0.2, 0.25) is 0 Å². The summed E-state index contributed by atoms with van der Waals surface area (Å²) in [6, 6.07) is 0. The summed E-state index contributed by atoms with van der Waals surface area (Å²) in [7, 11) is 2.07. The van der Waals surface area contributed by atoms with E-state index in [2.05, 4.69) is 11.9 Å². The summed E-state index contributed by atoms with van der Waals surface area (Å²) < 4.78 is 5.58. The first-order valence-corrected chi connectivity index (χ1v) is 6.12. The van der Waals surface area contributed by atoms with Crippen LogP contribution >= 0.6 is 0 Å². The minimum absolute atomic E-state index is 0.382. The Morgan fingerprint density at radius 2 is 2.07 bits per heavy atom. The van der Waals surface area contributed by atoms with E-state index in [0.717, 1.165) is 32.5 Å².